The Labute approximate surface area is 131 Å². The second kappa shape index (κ2) is 5.69. The van der Waals surface area contributed by atoms with Gasteiger partial charge in [0.2, 0.25) is 0 Å². The Morgan fingerprint density at radius 3 is 2.52 bits per heavy atom. The summed E-state index contributed by atoms with van der Waals surface area (Å²) in [6.07, 6.45) is 3.28. The standard InChI is InChI=1S/C16H11N5O2/c1-21-9-12(8-18-21)15-19-13(6-14(20-15)16(22)23)11-4-2-10(7-17)3-5-11/h2-6,8-9H,1H3,(H,22,23). The maximum absolute atomic E-state index is 11.3. The lowest BCUT2D eigenvalue weighted by Gasteiger charge is -2.05. The van der Waals surface area contributed by atoms with Crippen molar-refractivity contribution in [3.05, 3.63) is 54.0 Å². The van der Waals surface area contributed by atoms with E-state index in [0.717, 1.165) is 0 Å². The third kappa shape index (κ3) is 2.91. The molecule has 7 nitrogen and oxygen atoms in total. The molecule has 2 heterocycles. The first kappa shape index (κ1) is 14.4. The molecule has 0 amide bonds. The van der Waals surface area contributed by atoms with Crippen LogP contribution in [0.1, 0.15) is 16.1 Å². The van der Waals surface area contributed by atoms with Crippen LogP contribution in [0.15, 0.2) is 42.7 Å². The van der Waals surface area contributed by atoms with E-state index in [2.05, 4.69) is 15.1 Å². The van der Waals surface area contributed by atoms with Gasteiger partial charge in [0.15, 0.2) is 11.5 Å². The van der Waals surface area contributed by atoms with E-state index in [4.69, 9.17) is 5.26 Å². The smallest absolute Gasteiger partial charge is 0.354 e. The van der Waals surface area contributed by atoms with Gasteiger partial charge in [-0.25, -0.2) is 14.8 Å². The van der Waals surface area contributed by atoms with Crippen molar-refractivity contribution in [1.82, 2.24) is 19.7 Å². The Hall–Kier alpha value is -3.53. The summed E-state index contributed by atoms with van der Waals surface area (Å²) in [4.78, 5) is 19.8. The zero-order chi connectivity index (χ0) is 16.4. The van der Waals surface area contributed by atoms with Crippen molar-refractivity contribution in [2.75, 3.05) is 0 Å². The number of rotatable bonds is 3. The van der Waals surface area contributed by atoms with E-state index in [9.17, 15) is 9.90 Å². The first-order chi connectivity index (χ1) is 11.1. The molecule has 23 heavy (non-hydrogen) atoms. The Balaban J connectivity index is 2.14. The van der Waals surface area contributed by atoms with Crippen LogP contribution in [0, 0.1) is 11.3 Å². The highest BCUT2D eigenvalue weighted by molar-refractivity contribution is 5.87. The van der Waals surface area contributed by atoms with Gasteiger partial charge in [-0.2, -0.15) is 10.4 Å². The molecule has 0 aliphatic carbocycles. The van der Waals surface area contributed by atoms with Gasteiger partial charge in [0.1, 0.15) is 0 Å². The fourth-order valence-electron chi connectivity index (χ4n) is 2.09. The van der Waals surface area contributed by atoms with Crippen LogP contribution < -0.4 is 0 Å². The van der Waals surface area contributed by atoms with Crippen LogP contribution in [0.2, 0.25) is 0 Å². The molecular weight excluding hydrogens is 294 g/mol. The zero-order valence-corrected chi connectivity index (χ0v) is 12.1. The summed E-state index contributed by atoms with van der Waals surface area (Å²) in [5.74, 6) is -0.843. The second-order valence-electron chi connectivity index (χ2n) is 4.86. The first-order valence-electron chi connectivity index (χ1n) is 6.69. The quantitative estimate of drug-likeness (QED) is 0.794. The van der Waals surface area contributed by atoms with E-state index in [1.54, 1.807) is 48.4 Å². The number of nitriles is 1. The lowest BCUT2D eigenvalue weighted by atomic mass is 10.1. The minimum absolute atomic E-state index is 0.0989. The van der Waals surface area contributed by atoms with Crippen molar-refractivity contribution in [3.63, 3.8) is 0 Å². The minimum Gasteiger partial charge on any atom is -0.477 e. The van der Waals surface area contributed by atoms with Gasteiger partial charge in [0.05, 0.1) is 29.1 Å². The number of aryl methyl sites for hydroxylation is 1. The van der Waals surface area contributed by atoms with E-state index < -0.39 is 5.97 Å². The molecule has 0 bridgehead atoms. The fourth-order valence-corrected chi connectivity index (χ4v) is 2.09. The van der Waals surface area contributed by atoms with Crippen molar-refractivity contribution in [2.24, 2.45) is 7.05 Å². The molecule has 3 aromatic rings. The third-order valence-electron chi connectivity index (χ3n) is 3.22. The average molecular weight is 305 g/mol. The Morgan fingerprint density at radius 2 is 1.96 bits per heavy atom. The van der Waals surface area contributed by atoms with Crippen LogP contribution in [-0.2, 0) is 7.05 Å². The van der Waals surface area contributed by atoms with Gasteiger partial charge in [-0.05, 0) is 18.2 Å². The highest BCUT2D eigenvalue weighted by atomic mass is 16.4. The van der Waals surface area contributed by atoms with E-state index in [0.29, 0.717) is 22.4 Å². The van der Waals surface area contributed by atoms with Gasteiger partial charge in [-0.15, -0.1) is 0 Å². The molecule has 112 valence electrons. The van der Waals surface area contributed by atoms with Crippen LogP contribution in [0.4, 0.5) is 0 Å². The van der Waals surface area contributed by atoms with Gasteiger partial charge in [-0.3, -0.25) is 4.68 Å². The number of carboxylic acids is 1. The maximum Gasteiger partial charge on any atom is 0.354 e. The van der Waals surface area contributed by atoms with Gasteiger partial charge in [0.25, 0.3) is 0 Å². The molecule has 2 aromatic heterocycles. The molecule has 0 saturated carbocycles. The molecule has 0 atom stereocenters. The molecule has 0 spiro atoms. The maximum atomic E-state index is 11.3. The Morgan fingerprint density at radius 1 is 1.22 bits per heavy atom. The predicted octanol–water partition coefficient (Wildman–Crippen LogP) is 2.11. The largest absolute Gasteiger partial charge is 0.477 e. The Kier molecular flexibility index (Phi) is 3.57. The molecule has 1 N–H and O–H groups in total. The van der Waals surface area contributed by atoms with Crippen LogP contribution in [0.5, 0.6) is 0 Å². The highest BCUT2D eigenvalue weighted by Gasteiger charge is 2.14. The van der Waals surface area contributed by atoms with E-state index >= 15 is 0 Å². The monoisotopic (exact) mass is 305 g/mol. The molecule has 0 unspecified atom stereocenters. The number of hydrogen-bond donors (Lipinski definition) is 1. The van der Waals surface area contributed by atoms with Crippen molar-refractivity contribution in [3.8, 4) is 28.7 Å². The van der Waals surface area contributed by atoms with Gasteiger partial charge in [-0.1, -0.05) is 12.1 Å². The molecule has 0 saturated heterocycles. The summed E-state index contributed by atoms with van der Waals surface area (Å²) in [6, 6.07) is 10.2. The molecule has 7 heteroatoms. The molecular formula is C16H11N5O2. The van der Waals surface area contributed by atoms with Crippen LogP contribution in [0.3, 0.4) is 0 Å². The topological polar surface area (TPSA) is 105 Å². The predicted molar refractivity (Wildman–Crippen MR) is 81.3 cm³/mol. The Bertz CT molecular complexity index is 922. The van der Waals surface area contributed by atoms with E-state index in [1.165, 1.54) is 6.07 Å². The number of hydrogen-bond acceptors (Lipinski definition) is 5. The fraction of sp³-hybridized carbons (Fsp3) is 0.0625. The highest BCUT2D eigenvalue weighted by Crippen LogP contribution is 2.22. The number of carboxylic acid groups (broad SMARTS) is 1. The molecule has 0 aliphatic heterocycles. The normalized spacial score (nSPS) is 10.3. The van der Waals surface area contributed by atoms with Crippen molar-refractivity contribution in [2.45, 2.75) is 0 Å². The SMILES string of the molecule is Cn1cc(-c2nc(C(=O)O)cc(-c3ccc(C#N)cc3)n2)cn1. The first-order valence-corrected chi connectivity index (χ1v) is 6.69. The van der Waals surface area contributed by atoms with Crippen LogP contribution >= 0.6 is 0 Å². The summed E-state index contributed by atoms with van der Waals surface area (Å²) >= 11 is 0. The number of aromatic carboxylic acids is 1. The van der Waals surface area contributed by atoms with Crippen molar-refractivity contribution in [1.29, 1.82) is 5.26 Å². The summed E-state index contributed by atoms with van der Waals surface area (Å²) < 4.78 is 1.59. The lowest BCUT2D eigenvalue weighted by Crippen LogP contribution is -2.04. The van der Waals surface area contributed by atoms with E-state index in [1.807, 2.05) is 6.07 Å². The summed E-state index contributed by atoms with van der Waals surface area (Å²) in [5.41, 5.74) is 2.23. The molecule has 1 aromatic carbocycles. The minimum atomic E-state index is -1.13. The summed E-state index contributed by atoms with van der Waals surface area (Å²) in [5, 5.41) is 22.2. The number of benzene rings is 1. The number of carbonyl (C=O) groups is 1. The molecule has 0 radical (unpaired) electrons. The zero-order valence-electron chi connectivity index (χ0n) is 12.1. The lowest BCUT2D eigenvalue weighted by molar-refractivity contribution is 0.0690. The average Bonchev–Trinajstić information content (AvgIpc) is 3.01. The van der Waals surface area contributed by atoms with E-state index in [-0.39, 0.29) is 11.5 Å². The number of nitrogens with zero attached hydrogens (tertiary/aromatic N) is 5. The van der Waals surface area contributed by atoms with Crippen molar-refractivity contribution < 1.29 is 9.90 Å². The summed E-state index contributed by atoms with van der Waals surface area (Å²) in [6.45, 7) is 0. The van der Waals surface area contributed by atoms with Crippen LogP contribution in [-0.4, -0.2) is 30.8 Å². The molecule has 0 aliphatic rings. The van der Waals surface area contributed by atoms with Gasteiger partial charge in [0, 0.05) is 18.8 Å². The molecule has 3 rings (SSSR count). The third-order valence-corrected chi connectivity index (χ3v) is 3.22. The van der Waals surface area contributed by atoms with Gasteiger partial charge < -0.3 is 5.11 Å². The van der Waals surface area contributed by atoms with Gasteiger partial charge >= 0.3 is 5.97 Å². The molecule has 0 fully saturated rings. The summed E-state index contributed by atoms with van der Waals surface area (Å²) in [7, 11) is 1.76. The van der Waals surface area contributed by atoms with Crippen LogP contribution in [0.25, 0.3) is 22.6 Å². The number of aromatic nitrogens is 4. The van der Waals surface area contributed by atoms with Crippen molar-refractivity contribution >= 4 is 5.97 Å². The second-order valence-corrected chi connectivity index (χ2v) is 4.86.